The van der Waals surface area contributed by atoms with Gasteiger partial charge in [-0.25, -0.2) is 0 Å². The lowest BCUT2D eigenvalue weighted by Crippen LogP contribution is -2.21. The van der Waals surface area contributed by atoms with Crippen LogP contribution in [0.15, 0.2) is 58.4 Å². The molecule has 1 nitrogen and oxygen atoms in total. The van der Waals surface area contributed by atoms with E-state index in [9.17, 15) is 0 Å². The quantitative estimate of drug-likeness (QED) is 0.670. The van der Waals surface area contributed by atoms with Gasteiger partial charge in [-0.2, -0.15) is 0 Å². The molecule has 2 aromatic carbocycles. The zero-order chi connectivity index (χ0) is 13.9. The summed E-state index contributed by atoms with van der Waals surface area (Å²) in [4.78, 5) is 0. The van der Waals surface area contributed by atoms with Crippen molar-refractivity contribution in [3.8, 4) is 0 Å². The van der Waals surface area contributed by atoms with Crippen molar-refractivity contribution in [1.82, 2.24) is 5.32 Å². The molecule has 0 radical (unpaired) electrons. The third kappa shape index (κ3) is 2.53. The number of halogens is 1. The van der Waals surface area contributed by atoms with Gasteiger partial charge in [-0.1, -0.05) is 49.4 Å². The molecule has 0 aliphatic carbocycles. The molecule has 3 rings (SSSR count). The highest BCUT2D eigenvalue weighted by molar-refractivity contribution is 9.10. The normalized spacial score (nSPS) is 12.7. The molecule has 1 aromatic heterocycles. The Morgan fingerprint density at radius 1 is 1.10 bits per heavy atom. The topological polar surface area (TPSA) is 12.0 Å². The summed E-state index contributed by atoms with van der Waals surface area (Å²) < 4.78 is 2.50. The third-order valence-corrected chi connectivity index (χ3v) is 5.40. The minimum Gasteiger partial charge on any atom is -0.306 e. The summed E-state index contributed by atoms with van der Waals surface area (Å²) in [5.74, 6) is 0. The second-order valence-electron chi connectivity index (χ2n) is 4.71. The molecule has 1 atom stereocenters. The molecule has 3 aromatic rings. The van der Waals surface area contributed by atoms with Gasteiger partial charge in [0.1, 0.15) is 0 Å². The first-order chi connectivity index (χ1) is 9.81. The zero-order valence-electron chi connectivity index (χ0n) is 11.3. The Labute approximate surface area is 131 Å². The maximum absolute atomic E-state index is 3.64. The molecule has 1 heterocycles. The minimum atomic E-state index is 0.254. The summed E-state index contributed by atoms with van der Waals surface area (Å²) >= 11 is 5.45. The summed E-state index contributed by atoms with van der Waals surface area (Å²) in [5, 5.41) is 7.21. The van der Waals surface area contributed by atoms with Crippen LogP contribution in [0.1, 0.15) is 24.1 Å². The molecule has 102 valence electrons. The molecule has 3 heteroatoms. The second-order valence-corrected chi connectivity index (χ2v) is 6.44. The fraction of sp³-hybridized carbons (Fsp3) is 0.176. The van der Waals surface area contributed by atoms with E-state index in [-0.39, 0.29) is 6.04 Å². The molecule has 20 heavy (non-hydrogen) atoms. The standard InChI is InChI=1S/C17H16BrNS/c1-2-19-16(12-7-4-3-5-8-12)14-11-20-17-13(14)9-6-10-15(17)18/h3-11,16,19H,2H2,1H3. The van der Waals surface area contributed by atoms with Gasteiger partial charge in [-0.15, -0.1) is 11.3 Å². The van der Waals surface area contributed by atoms with E-state index < -0.39 is 0 Å². The summed E-state index contributed by atoms with van der Waals surface area (Å²) in [5.41, 5.74) is 2.67. The van der Waals surface area contributed by atoms with Gasteiger partial charge in [0.05, 0.1) is 6.04 Å². The van der Waals surface area contributed by atoms with Crippen LogP contribution >= 0.6 is 27.3 Å². The fourth-order valence-corrected chi connectivity index (χ4v) is 4.17. The van der Waals surface area contributed by atoms with Crippen LogP contribution in [0.5, 0.6) is 0 Å². The Morgan fingerprint density at radius 3 is 2.65 bits per heavy atom. The van der Waals surface area contributed by atoms with E-state index in [0.717, 1.165) is 6.54 Å². The van der Waals surface area contributed by atoms with E-state index in [2.05, 4.69) is 82.1 Å². The molecular weight excluding hydrogens is 330 g/mol. The number of hydrogen-bond acceptors (Lipinski definition) is 2. The van der Waals surface area contributed by atoms with Crippen LogP contribution < -0.4 is 5.32 Å². The average molecular weight is 346 g/mol. The lowest BCUT2D eigenvalue weighted by molar-refractivity contribution is 0.636. The summed E-state index contributed by atoms with van der Waals surface area (Å²) in [6.45, 7) is 3.10. The van der Waals surface area contributed by atoms with E-state index in [4.69, 9.17) is 0 Å². The number of rotatable bonds is 4. The molecule has 0 saturated heterocycles. The Morgan fingerprint density at radius 2 is 1.90 bits per heavy atom. The summed E-state index contributed by atoms with van der Waals surface area (Å²) in [7, 11) is 0. The minimum absolute atomic E-state index is 0.254. The fourth-order valence-electron chi connectivity index (χ4n) is 2.52. The highest BCUT2D eigenvalue weighted by Crippen LogP contribution is 2.37. The molecule has 0 aliphatic rings. The Bertz CT molecular complexity index is 705. The van der Waals surface area contributed by atoms with Gasteiger partial charge >= 0.3 is 0 Å². The van der Waals surface area contributed by atoms with E-state index in [1.54, 1.807) is 11.3 Å². The first-order valence-corrected chi connectivity index (χ1v) is 8.42. The van der Waals surface area contributed by atoms with Crippen LogP contribution in [0, 0.1) is 0 Å². The number of nitrogens with one attached hydrogen (secondary N) is 1. The lowest BCUT2D eigenvalue weighted by Gasteiger charge is -2.18. The number of benzene rings is 2. The van der Waals surface area contributed by atoms with Crippen LogP contribution in [0.3, 0.4) is 0 Å². The van der Waals surface area contributed by atoms with Crippen molar-refractivity contribution < 1.29 is 0 Å². The first kappa shape index (κ1) is 13.8. The maximum Gasteiger partial charge on any atom is 0.0591 e. The van der Waals surface area contributed by atoms with Crippen LogP contribution in [0.25, 0.3) is 10.1 Å². The second kappa shape index (κ2) is 6.08. The summed E-state index contributed by atoms with van der Waals surface area (Å²) in [6.07, 6.45) is 0. The van der Waals surface area contributed by atoms with Crippen molar-refractivity contribution in [3.63, 3.8) is 0 Å². The monoisotopic (exact) mass is 345 g/mol. The molecular formula is C17H16BrNS. The molecule has 1 N–H and O–H groups in total. The Kier molecular flexibility index (Phi) is 4.20. The molecule has 0 saturated carbocycles. The SMILES string of the molecule is CCNC(c1ccccc1)c1csc2c(Br)cccc12. The number of hydrogen-bond donors (Lipinski definition) is 1. The van der Waals surface area contributed by atoms with E-state index >= 15 is 0 Å². The molecule has 0 amide bonds. The Balaban J connectivity index is 2.13. The molecule has 0 bridgehead atoms. The van der Waals surface area contributed by atoms with Crippen LogP contribution in [0.4, 0.5) is 0 Å². The molecule has 0 spiro atoms. The number of thiophene rings is 1. The number of fused-ring (bicyclic) bond motifs is 1. The van der Waals surface area contributed by atoms with Gasteiger partial charge in [-0.05, 0) is 50.4 Å². The van der Waals surface area contributed by atoms with Crippen molar-refractivity contribution in [2.45, 2.75) is 13.0 Å². The van der Waals surface area contributed by atoms with Gasteiger partial charge in [0.15, 0.2) is 0 Å². The van der Waals surface area contributed by atoms with Crippen LogP contribution in [-0.4, -0.2) is 6.54 Å². The van der Waals surface area contributed by atoms with Gasteiger partial charge < -0.3 is 5.32 Å². The predicted octanol–water partition coefficient (Wildman–Crippen LogP) is 5.36. The summed E-state index contributed by atoms with van der Waals surface area (Å²) in [6, 6.07) is 17.3. The van der Waals surface area contributed by atoms with Gasteiger partial charge in [0.25, 0.3) is 0 Å². The van der Waals surface area contributed by atoms with Crippen molar-refractivity contribution >= 4 is 37.4 Å². The van der Waals surface area contributed by atoms with E-state index in [0.29, 0.717) is 0 Å². The highest BCUT2D eigenvalue weighted by atomic mass is 79.9. The van der Waals surface area contributed by atoms with E-state index in [1.807, 2.05) is 0 Å². The Hall–Kier alpha value is -1.16. The smallest absolute Gasteiger partial charge is 0.0591 e. The van der Waals surface area contributed by atoms with Gasteiger partial charge in [-0.3, -0.25) is 0 Å². The van der Waals surface area contributed by atoms with E-state index in [1.165, 1.54) is 25.7 Å². The third-order valence-electron chi connectivity index (χ3n) is 3.43. The van der Waals surface area contributed by atoms with Gasteiger partial charge in [0.2, 0.25) is 0 Å². The van der Waals surface area contributed by atoms with Crippen LogP contribution in [-0.2, 0) is 0 Å². The van der Waals surface area contributed by atoms with Crippen LogP contribution in [0.2, 0.25) is 0 Å². The highest BCUT2D eigenvalue weighted by Gasteiger charge is 2.17. The van der Waals surface area contributed by atoms with Gasteiger partial charge in [0, 0.05) is 9.17 Å². The predicted molar refractivity (Wildman–Crippen MR) is 91.5 cm³/mol. The molecule has 0 aliphatic heterocycles. The van der Waals surface area contributed by atoms with Crippen molar-refractivity contribution in [3.05, 3.63) is 69.5 Å². The molecule has 1 unspecified atom stereocenters. The lowest BCUT2D eigenvalue weighted by atomic mass is 9.98. The van der Waals surface area contributed by atoms with Crippen molar-refractivity contribution in [2.75, 3.05) is 6.54 Å². The van der Waals surface area contributed by atoms with Crippen molar-refractivity contribution in [2.24, 2.45) is 0 Å². The largest absolute Gasteiger partial charge is 0.306 e. The zero-order valence-corrected chi connectivity index (χ0v) is 13.7. The van der Waals surface area contributed by atoms with Crippen molar-refractivity contribution in [1.29, 1.82) is 0 Å². The molecule has 0 fully saturated rings. The first-order valence-electron chi connectivity index (χ1n) is 6.75. The average Bonchev–Trinajstić information content (AvgIpc) is 2.91. The maximum atomic E-state index is 3.64.